The van der Waals surface area contributed by atoms with Crippen LogP contribution >= 0.6 is 0 Å². The molecule has 1 aliphatic rings. The third-order valence-electron chi connectivity index (χ3n) is 5.40. The smallest absolute Gasteiger partial charge is 0.251 e. The van der Waals surface area contributed by atoms with Crippen LogP contribution in [0, 0.1) is 13.8 Å². The van der Waals surface area contributed by atoms with Crippen molar-refractivity contribution in [1.29, 1.82) is 0 Å². The number of nitrogens with zero attached hydrogens (tertiary/aromatic N) is 3. The number of carbonyl (C=O) groups is 2. The molecule has 0 unspecified atom stereocenters. The third kappa shape index (κ3) is 4.43. The average Bonchev–Trinajstić information content (AvgIpc) is 3.31. The minimum Gasteiger partial charge on any atom is -0.348 e. The van der Waals surface area contributed by atoms with Crippen molar-refractivity contribution in [2.24, 2.45) is 0 Å². The second kappa shape index (κ2) is 8.53. The Morgan fingerprint density at radius 2 is 1.87 bits per heavy atom. The van der Waals surface area contributed by atoms with Gasteiger partial charge in [-0.05, 0) is 61.7 Å². The zero-order chi connectivity index (χ0) is 21.1. The highest BCUT2D eigenvalue weighted by molar-refractivity contribution is 5.95. The number of aromatic nitrogens is 2. The highest BCUT2D eigenvalue weighted by Crippen LogP contribution is 2.21. The standard InChI is InChI=1S/C24H26N4O2/c1-17-13-18(2)28(26-17)16-20-5-3-6-21(14-20)24(30)25-15-19-8-10-22(11-9-19)27-12-4-7-23(27)29/h3,5-6,8-11,13-14H,4,7,12,15-16H2,1-2H3,(H,25,30). The Morgan fingerprint density at radius 3 is 2.53 bits per heavy atom. The zero-order valence-electron chi connectivity index (χ0n) is 17.4. The molecule has 1 aromatic heterocycles. The van der Waals surface area contributed by atoms with Crippen LogP contribution in [-0.4, -0.2) is 28.1 Å². The van der Waals surface area contributed by atoms with Crippen molar-refractivity contribution in [3.63, 3.8) is 0 Å². The second-order valence-electron chi connectivity index (χ2n) is 7.78. The van der Waals surface area contributed by atoms with Crippen molar-refractivity contribution in [2.75, 3.05) is 11.4 Å². The van der Waals surface area contributed by atoms with Gasteiger partial charge in [-0.2, -0.15) is 5.10 Å². The summed E-state index contributed by atoms with van der Waals surface area (Å²) in [6.45, 7) is 5.86. The Hall–Kier alpha value is -3.41. The van der Waals surface area contributed by atoms with Crippen LogP contribution in [-0.2, 0) is 17.9 Å². The Balaban J connectivity index is 1.37. The Bertz CT molecular complexity index is 1070. The molecular weight excluding hydrogens is 376 g/mol. The van der Waals surface area contributed by atoms with Gasteiger partial charge < -0.3 is 10.2 Å². The van der Waals surface area contributed by atoms with E-state index in [0.29, 0.717) is 25.1 Å². The molecule has 30 heavy (non-hydrogen) atoms. The van der Waals surface area contributed by atoms with Crippen LogP contribution in [0.25, 0.3) is 0 Å². The molecule has 0 saturated carbocycles. The quantitative estimate of drug-likeness (QED) is 0.685. The predicted molar refractivity (Wildman–Crippen MR) is 116 cm³/mol. The summed E-state index contributed by atoms with van der Waals surface area (Å²) in [5.74, 6) is 0.0698. The van der Waals surface area contributed by atoms with E-state index in [-0.39, 0.29) is 11.8 Å². The van der Waals surface area contributed by atoms with E-state index in [9.17, 15) is 9.59 Å². The number of carbonyl (C=O) groups excluding carboxylic acids is 2. The van der Waals surface area contributed by atoms with E-state index >= 15 is 0 Å². The highest BCUT2D eigenvalue weighted by Gasteiger charge is 2.21. The van der Waals surface area contributed by atoms with Crippen molar-refractivity contribution in [1.82, 2.24) is 15.1 Å². The molecule has 2 amide bonds. The molecule has 4 rings (SSSR count). The lowest BCUT2D eigenvalue weighted by atomic mass is 10.1. The van der Waals surface area contributed by atoms with Crippen LogP contribution in [0.3, 0.4) is 0 Å². The second-order valence-corrected chi connectivity index (χ2v) is 7.78. The first-order valence-corrected chi connectivity index (χ1v) is 10.3. The number of anilines is 1. The molecule has 6 heteroatoms. The molecule has 0 atom stereocenters. The van der Waals surface area contributed by atoms with E-state index in [4.69, 9.17) is 0 Å². The number of hydrogen-bond acceptors (Lipinski definition) is 3. The van der Waals surface area contributed by atoms with Gasteiger partial charge in [0.1, 0.15) is 0 Å². The van der Waals surface area contributed by atoms with Crippen LogP contribution in [0.1, 0.15) is 45.7 Å². The first kappa shape index (κ1) is 19.9. The fourth-order valence-corrected chi connectivity index (χ4v) is 3.82. The molecule has 1 N–H and O–H groups in total. The van der Waals surface area contributed by atoms with Gasteiger partial charge in [0.15, 0.2) is 0 Å². The van der Waals surface area contributed by atoms with Crippen molar-refractivity contribution < 1.29 is 9.59 Å². The number of benzene rings is 2. The minimum atomic E-state index is -0.107. The Kier molecular flexibility index (Phi) is 5.65. The number of amides is 2. The molecule has 1 aliphatic heterocycles. The van der Waals surface area contributed by atoms with Crippen molar-refractivity contribution in [2.45, 2.75) is 39.8 Å². The topological polar surface area (TPSA) is 67.2 Å². The normalized spacial score (nSPS) is 13.7. The number of aryl methyl sites for hydroxylation is 2. The summed E-state index contributed by atoms with van der Waals surface area (Å²) in [5.41, 5.74) is 5.67. The van der Waals surface area contributed by atoms with Crippen LogP contribution in [0.4, 0.5) is 5.69 Å². The summed E-state index contributed by atoms with van der Waals surface area (Å²) in [4.78, 5) is 26.3. The fourth-order valence-electron chi connectivity index (χ4n) is 3.82. The largest absolute Gasteiger partial charge is 0.348 e. The fraction of sp³-hybridized carbons (Fsp3) is 0.292. The lowest BCUT2D eigenvalue weighted by molar-refractivity contribution is -0.117. The molecule has 0 aliphatic carbocycles. The number of rotatable bonds is 6. The lowest BCUT2D eigenvalue weighted by Gasteiger charge is -2.16. The molecule has 2 heterocycles. The third-order valence-corrected chi connectivity index (χ3v) is 5.40. The summed E-state index contributed by atoms with van der Waals surface area (Å²) in [5, 5.41) is 7.47. The predicted octanol–water partition coefficient (Wildman–Crippen LogP) is 3.61. The van der Waals surface area contributed by atoms with E-state index in [1.165, 1.54) is 0 Å². The van der Waals surface area contributed by atoms with Gasteiger partial charge in [-0.1, -0.05) is 24.3 Å². The van der Waals surface area contributed by atoms with E-state index < -0.39 is 0 Å². The molecule has 0 radical (unpaired) electrons. The first-order chi connectivity index (χ1) is 14.5. The van der Waals surface area contributed by atoms with Crippen molar-refractivity contribution in [3.8, 4) is 0 Å². The van der Waals surface area contributed by atoms with E-state index in [2.05, 4.69) is 10.4 Å². The molecule has 1 fully saturated rings. The van der Waals surface area contributed by atoms with E-state index in [1.807, 2.05) is 78.0 Å². The number of hydrogen-bond donors (Lipinski definition) is 1. The van der Waals surface area contributed by atoms with E-state index in [0.717, 1.165) is 41.2 Å². The van der Waals surface area contributed by atoms with Crippen molar-refractivity contribution in [3.05, 3.63) is 82.7 Å². The average molecular weight is 402 g/mol. The molecule has 1 saturated heterocycles. The van der Waals surface area contributed by atoms with Crippen LogP contribution in [0.2, 0.25) is 0 Å². The molecule has 3 aromatic rings. The maximum atomic E-state index is 12.6. The molecular formula is C24H26N4O2. The molecule has 2 aromatic carbocycles. The Morgan fingerprint density at radius 1 is 1.07 bits per heavy atom. The van der Waals surface area contributed by atoms with Gasteiger partial charge in [0.05, 0.1) is 12.2 Å². The molecule has 0 bridgehead atoms. The van der Waals surface area contributed by atoms with Gasteiger partial charge >= 0.3 is 0 Å². The summed E-state index contributed by atoms with van der Waals surface area (Å²) in [7, 11) is 0. The monoisotopic (exact) mass is 402 g/mol. The van der Waals surface area contributed by atoms with Crippen LogP contribution < -0.4 is 10.2 Å². The van der Waals surface area contributed by atoms with Gasteiger partial charge in [-0.25, -0.2) is 0 Å². The van der Waals surface area contributed by atoms with Gasteiger partial charge in [0, 0.05) is 36.5 Å². The molecule has 6 nitrogen and oxygen atoms in total. The van der Waals surface area contributed by atoms with Crippen LogP contribution in [0.15, 0.2) is 54.6 Å². The zero-order valence-corrected chi connectivity index (χ0v) is 17.4. The summed E-state index contributed by atoms with van der Waals surface area (Å²) in [6.07, 6.45) is 1.53. The molecule has 0 spiro atoms. The van der Waals surface area contributed by atoms with Crippen molar-refractivity contribution >= 4 is 17.5 Å². The minimum absolute atomic E-state index is 0.107. The van der Waals surface area contributed by atoms with Gasteiger partial charge in [-0.15, -0.1) is 0 Å². The van der Waals surface area contributed by atoms with Gasteiger partial charge in [-0.3, -0.25) is 14.3 Å². The SMILES string of the molecule is Cc1cc(C)n(Cc2cccc(C(=O)NCc3ccc(N4CCCC4=O)cc3)c2)n1. The van der Waals surface area contributed by atoms with E-state index in [1.54, 1.807) is 0 Å². The lowest BCUT2D eigenvalue weighted by Crippen LogP contribution is -2.24. The van der Waals surface area contributed by atoms with Crippen LogP contribution in [0.5, 0.6) is 0 Å². The first-order valence-electron chi connectivity index (χ1n) is 10.3. The van der Waals surface area contributed by atoms with Gasteiger partial charge in [0.2, 0.25) is 5.91 Å². The van der Waals surface area contributed by atoms with Gasteiger partial charge in [0.25, 0.3) is 5.91 Å². The molecule has 154 valence electrons. The summed E-state index contributed by atoms with van der Waals surface area (Å²) >= 11 is 0. The summed E-state index contributed by atoms with van der Waals surface area (Å²) in [6, 6.07) is 17.5. The maximum Gasteiger partial charge on any atom is 0.251 e. The number of nitrogens with one attached hydrogen (secondary N) is 1. The summed E-state index contributed by atoms with van der Waals surface area (Å²) < 4.78 is 1.94. The Labute approximate surface area is 176 Å². The maximum absolute atomic E-state index is 12.6. The highest BCUT2D eigenvalue weighted by atomic mass is 16.2.